The largest absolute Gasteiger partial charge is 0.388 e. The number of benzene rings is 2. The molecule has 20 heavy (non-hydrogen) atoms. The van der Waals surface area contributed by atoms with Gasteiger partial charge in [0.25, 0.3) is 0 Å². The molecule has 0 bridgehead atoms. The van der Waals surface area contributed by atoms with E-state index in [4.69, 9.17) is 23.2 Å². The SMILES string of the molecule is CC(C)c1ccc(CC(O)c2ccc(Cl)c(Cl)c2)cc1. The Hall–Kier alpha value is -1.02. The second-order valence-corrected chi connectivity index (χ2v) is 6.10. The van der Waals surface area contributed by atoms with Crippen LogP contribution in [0.1, 0.15) is 42.6 Å². The average Bonchev–Trinajstić information content (AvgIpc) is 2.42. The van der Waals surface area contributed by atoms with Crippen molar-refractivity contribution in [1.82, 2.24) is 0 Å². The van der Waals surface area contributed by atoms with Crippen molar-refractivity contribution in [3.05, 3.63) is 69.2 Å². The highest BCUT2D eigenvalue weighted by atomic mass is 35.5. The molecule has 106 valence electrons. The lowest BCUT2D eigenvalue weighted by Gasteiger charge is -2.13. The first-order chi connectivity index (χ1) is 9.47. The normalized spacial score (nSPS) is 12.7. The van der Waals surface area contributed by atoms with Gasteiger partial charge in [-0.1, -0.05) is 67.4 Å². The molecule has 0 saturated heterocycles. The van der Waals surface area contributed by atoms with Gasteiger partial charge in [0.2, 0.25) is 0 Å². The van der Waals surface area contributed by atoms with Gasteiger partial charge in [0.15, 0.2) is 0 Å². The van der Waals surface area contributed by atoms with Gasteiger partial charge in [-0.3, -0.25) is 0 Å². The fraction of sp³-hybridized carbons (Fsp3) is 0.294. The van der Waals surface area contributed by atoms with Crippen LogP contribution in [0.3, 0.4) is 0 Å². The van der Waals surface area contributed by atoms with Crippen molar-refractivity contribution in [2.75, 3.05) is 0 Å². The molecule has 0 aliphatic rings. The summed E-state index contributed by atoms with van der Waals surface area (Å²) in [7, 11) is 0. The third-order valence-corrected chi connectivity index (χ3v) is 4.14. The van der Waals surface area contributed by atoms with Gasteiger partial charge < -0.3 is 5.11 Å². The van der Waals surface area contributed by atoms with Crippen LogP contribution in [0, 0.1) is 0 Å². The van der Waals surface area contributed by atoms with E-state index in [1.165, 1.54) is 5.56 Å². The van der Waals surface area contributed by atoms with Crippen LogP contribution < -0.4 is 0 Å². The van der Waals surface area contributed by atoms with Crippen LogP contribution in [0.2, 0.25) is 10.0 Å². The zero-order chi connectivity index (χ0) is 14.7. The highest BCUT2D eigenvalue weighted by Crippen LogP contribution is 2.27. The standard InChI is InChI=1S/C17H18Cl2O/c1-11(2)13-5-3-12(4-6-13)9-17(20)14-7-8-15(18)16(19)10-14/h3-8,10-11,17,20H,9H2,1-2H3. The van der Waals surface area contributed by atoms with E-state index in [0.717, 1.165) is 11.1 Å². The quantitative estimate of drug-likeness (QED) is 0.802. The number of aliphatic hydroxyl groups is 1. The maximum absolute atomic E-state index is 10.3. The monoisotopic (exact) mass is 308 g/mol. The molecule has 2 aromatic carbocycles. The summed E-state index contributed by atoms with van der Waals surface area (Å²) >= 11 is 11.9. The summed E-state index contributed by atoms with van der Waals surface area (Å²) in [6.45, 7) is 4.33. The molecule has 1 atom stereocenters. The minimum Gasteiger partial charge on any atom is -0.388 e. The summed E-state index contributed by atoms with van der Waals surface area (Å²) in [5.41, 5.74) is 3.19. The first kappa shape index (κ1) is 15.4. The van der Waals surface area contributed by atoms with Crippen molar-refractivity contribution >= 4 is 23.2 Å². The molecule has 0 aliphatic heterocycles. The van der Waals surface area contributed by atoms with Gasteiger partial charge in [0, 0.05) is 6.42 Å². The molecule has 0 radical (unpaired) electrons. The van der Waals surface area contributed by atoms with E-state index in [9.17, 15) is 5.11 Å². The summed E-state index contributed by atoms with van der Waals surface area (Å²) in [6, 6.07) is 13.6. The number of hydrogen-bond donors (Lipinski definition) is 1. The van der Waals surface area contributed by atoms with Crippen LogP contribution in [0.25, 0.3) is 0 Å². The molecule has 1 unspecified atom stereocenters. The predicted octanol–water partition coefficient (Wildman–Crippen LogP) is 5.39. The summed E-state index contributed by atoms with van der Waals surface area (Å²) in [4.78, 5) is 0. The van der Waals surface area contributed by atoms with E-state index in [2.05, 4.69) is 38.1 Å². The molecule has 0 aromatic heterocycles. The second-order valence-electron chi connectivity index (χ2n) is 5.29. The van der Waals surface area contributed by atoms with E-state index in [1.54, 1.807) is 18.2 Å². The van der Waals surface area contributed by atoms with Gasteiger partial charge >= 0.3 is 0 Å². The molecule has 2 rings (SSSR count). The number of rotatable bonds is 4. The minimum absolute atomic E-state index is 0.471. The van der Waals surface area contributed by atoms with E-state index in [-0.39, 0.29) is 0 Å². The fourth-order valence-corrected chi connectivity index (χ4v) is 2.41. The molecule has 0 heterocycles. The van der Waals surface area contributed by atoms with Crippen LogP contribution in [0.5, 0.6) is 0 Å². The highest BCUT2D eigenvalue weighted by molar-refractivity contribution is 6.42. The van der Waals surface area contributed by atoms with E-state index < -0.39 is 6.10 Å². The Balaban J connectivity index is 2.10. The van der Waals surface area contributed by atoms with Crippen LogP contribution >= 0.6 is 23.2 Å². The maximum atomic E-state index is 10.3. The van der Waals surface area contributed by atoms with Crippen molar-refractivity contribution in [3.63, 3.8) is 0 Å². The Morgan fingerprint density at radius 2 is 1.50 bits per heavy atom. The van der Waals surface area contributed by atoms with Crippen LogP contribution in [0.15, 0.2) is 42.5 Å². The molecule has 0 fully saturated rings. The minimum atomic E-state index is -0.574. The molecule has 0 spiro atoms. The summed E-state index contributed by atoms with van der Waals surface area (Å²) in [5, 5.41) is 11.2. The first-order valence-electron chi connectivity index (χ1n) is 6.69. The Bertz CT molecular complexity index is 576. The van der Waals surface area contributed by atoms with E-state index >= 15 is 0 Å². The van der Waals surface area contributed by atoms with Gasteiger partial charge in [-0.05, 0) is 34.7 Å². The van der Waals surface area contributed by atoms with Crippen molar-refractivity contribution < 1.29 is 5.11 Å². The third kappa shape index (κ3) is 3.76. The molecular formula is C17H18Cl2O. The smallest absolute Gasteiger partial charge is 0.0830 e. The summed E-state index contributed by atoms with van der Waals surface area (Å²) in [5.74, 6) is 0.518. The summed E-state index contributed by atoms with van der Waals surface area (Å²) < 4.78 is 0. The molecule has 0 saturated carbocycles. The zero-order valence-corrected chi connectivity index (χ0v) is 13.1. The number of aliphatic hydroxyl groups excluding tert-OH is 1. The molecule has 0 aliphatic carbocycles. The lowest BCUT2D eigenvalue weighted by atomic mass is 9.97. The van der Waals surface area contributed by atoms with Gasteiger partial charge in [-0.2, -0.15) is 0 Å². The summed E-state index contributed by atoms with van der Waals surface area (Å²) in [6.07, 6.45) is -0.00857. The van der Waals surface area contributed by atoms with Crippen molar-refractivity contribution in [2.24, 2.45) is 0 Å². The van der Waals surface area contributed by atoms with Gasteiger partial charge in [0.05, 0.1) is 16.1 Å². The lowest BCUT2D eigenvalue weighted by molar-refractivity contribution is 0.178. The van der Waals surface area contributed by atoms with E-state index in [1.807, 2.05) is 0 Å². The predicted molar refractivity (Wildman–Crippen MR) is 85.7 cm³/mol. The van der Waals surface area contributed by atoms with Crippen LogP contribution in [-0.2, 0) is 6.42 Å². The number of halogens is 2. The fourth-order valence-electron chi connectivity index (χ4n) is 2.10. The molecule has 3 heteroatoms. The Labute approximate surface area is 130 Å². The van der Waals surface area contributed by atoms with E-state index in [0.29, 0.717) is 22.4 Å². The zero-order valence-electron chi connectivity index (χ0n) is 11.6. The topological polar surface area (TPSA) is 20.2 Å². The average molecular weight is 309 g/mol. The second kappa shape index (κ2) is 6.62. The van der Waals surface area contributed by atoms with Crippen molar-refractivity contribution in [1.29, 1.82) is 0 Å². The Morgan fingerprint density at radius 3 is 2.05 bits per heavy atom. The molecule has 1 nitrogen and oxygen atoms in total. The van der Waals surface area contributed by atoms with Gasteiger partial charge in [0.1, 0.15) is 0 Å². The first-order valence-corrected chi connectivity index (χ1v) is 7.45. The number of hydrogen-bond acceptors (Lipinski definition) is 1. The van der Waals surface area contributed by atoms with Crippen LogP contribution in [-0.4, -0.2) is 5.11 Å². The maximum Gasteiger partial charge on any atom is 0.0830 e. The lowest BCUT2D eigenvalue weighted by Crippen LogP contribution is -2.02. The van der Waals surface area contributed by atoms with Gasteiger partial charge in [-0.25, -0.2) is 0 Å². The molecule has 0 amide bonds. The van der Waals surface area contributed by atoms with Crippen molar-refractivity contribution in [2.45, 2.75) is 32.3 Å². The third-order valence-electron chi connectivity index (χ3n) is 3.40. The molecule has 1 N–H and O–H groups in total. The Morgan fingerprint density at radius 1 is 0.900 bits per heavy atom. The van der Waals surface area contributed by atoms with Gasteiger partial charge in [-0.15, -0.1) is 0 Å². The van der Waals surface area contributed by atoms with Crippen molar-refractivity contribution in [3.8, 4) is 0 Å². The Kier molecular flexibility index (Phi) is 5.09. The molecule has 2 aromatic rings. The highest BCUT2D eigenvalue weighted by Gasteiger charge is 2.10. The van der Waals surface area contributed by atoms with Crippen LogP contribution in [0.4, 0.5) is 0 Å². The molecular weight excluding hydrogens is 291 g/mol.